The molecule has 4 N–H and O–H groups in total. The van der Waals surface area contributed by atoms with E-state index in [2.05, 4.69) is 71.5 Å². The van der Waals surface area contributed by atoms with E-state index in [0.717, 1.165) is 70.6 Å². The van der Waals surface area contributed by atoms with Crippen molar-refractivity contribution in [3.63, 3.8) is 0 Å². The van der Waals surface area contributed by atoms with E-state index in [1.165, 1.54) is 38.5 Å². The number of ether oxygens (including phenoxy) is 3. The van der Waals surface area contributed by atoms with Gasteiger partial charge in [0, 0.05) is 12.8 Å². The van der Waals surface area contributed by atoms with Crippen molar-refractivity contribution in [2.24, 2.45) is 0 Å². The van der Waals surface area contributed by atoms with Gasteiger partial charge in [0.2, 0.25) is 0 Å². The number of carbonyl (C=O) groups is 2. The van der Waals surface area contributed by atoms with Crippen LogP contribution in [0.15, 0.2) is 60.8 Å². The summed E-state index contributed by atoms with van der Waals surface area (Å²) in [4.78, 5) is 52.7. The molecule has 0 amide bonds. The number of unbranched alkanes of at least 4 members (excludes halogenated alkanes) is 11. The van der Waals surface area contributed by atoms with Crippen LogP contribution in [-0.4, -0.2) is 82.6 Å². The molecule has 16 heteroatoms. The van der Waals surface area contributed by atoms with E-state index >= 15 is 0 Å². The number of hydrogen-bond donors (Lipinski definition) is 4. The lowest BCUT2D eigenvalue weighted by molar-refractivity contribution is -0.161. The van der Waals surface area contributed by atoms with Gasteiger partial charge < -0.3 is 34.0 Å². The van der Waals surface area contributed by atoms with Crippen LogP contribution in [0.2, 0.25) is 0 Å². The second-order valence-corrected chi connectivity index (χ2v) is 17.7. The number of phosphoric ester groups is 2. The predicted octanol–water partition coefficient (Wildman–Crippen LogP) is 10.2. The Morgan fingerprint density at radius 3 is 1.72 bits per heavy atom. The average molecular weight is 891 g/mol. The fourth-order valence-corrected chi connectivity index (χ4v) is 6.97. The first kappa shape index (κ1) is 55.8. The summed E-state index contributed by atoms with van der Waals surface area (Å²) in [6.07, 6.45) is 39.5. The largest absolute Gasteiger partial charge is 0.472 e. The Kier molecular flexibility index (Phi) is 33.7. The quantitative estimate of drug-likeness (QED) is 0.0148. The van der Waals surface area contributed by atoms with E-state index in [-0.39, 0.29) is 12.8 Å². The lowest BCUT2D eigenvalue weighted by Crippen LogP contribution is -2.29. The molecule has 1 fully saturated rings. The van der Waals surface area contributed by atoms with E-state index in [1.807, 2.05) is 12.2 Å². The van der Waals surface area contributed by atoms with Crippen molar-refractivity contribution in [1.29, 1.82) is 0 Å². The van der Waals surface area contributed by atoms with Gasteiger partial charge in [-0.25, -0.2) is 9.13 Å². The molecule has 0 aromatic rings. The van der Waals surface area contributed by atoms with Gasteiger partial charge in [-0.3, -0.25) is 23.2 Å². The maximum absolute atomic E-state index is 12.7. The molecule has 0 saturated carbocycles. The predicted molar refractivity (Wildman–Crippen MR) is 234 cm³/mol. The molecule has 0 radical (unpaired) electrons. The third kappa shape index (κ3) is 36.4. The third-order valence-corrected chi connectivity index (χ3v) is 10.7. The fourth-order valence-electron chi connectivity index (χ4n) is 5.82. The van der Waals surface area contributed by atoms with Crippen molar-refractivity contribution in [3.8, 4) is 0 Å². The Morgan fingerprint density at radius 2 is 1.10 bits per heavy atom. The lowest BCUT2D eigenvalue weighted by Gasteiger charge is -2.20. The summed E-state index contributed by atoms with van der Waals surface area (Å²) in [5.41, 5.74) is 0. The zero-order valence-corrected chi connectivity index (χ0v) is 38.0. The molecule has 5 atom stereocenters. The van der Waals surface area contributed by atoms with Gasteiger partial charge in [-0.05, 0) is 77.0 Å². The first-order valence-corrected chi connectivity index (χ1v) is 25.1. The Morgan fingerprint density at radius 1 is 0.583 bits per heavy atom. The number of carbonyl (C=O) groups excluding carboxylic acids is 2. The van der Waals surface area contributed by atoms with Crippen LogP contribution in [0, 0.1) is 0 Å². The molecule has 0 bridgehead atoms. The molecule has 1 saturated heterocycles. The van der Waals surface area contributed by atoms with Gasteiger partial charge in [0.1, 0.15) is 12.7 Å². The highest BCUT2D eigenvalue weighted by Crippen LogP contribution is 2.44. The summed E-state index contributed by atoms with van der Waals surface area (Å²) in [6.45, 7) is 1.61. The molecule has 14 nitrogen and oxygen atoms in total. The van der Waals surface area contributed by atoms with Crippen LogP contribution in [0.3, 0.4) is 0 Å². The van der Waals surface area contributed by atoms with Crippen LogP contribution in [-0.2, 0) is 46.5 Å². The molecule has 0 aromatic heterocycles. The summed E-state index contributed by atoms with van der Waals surface area (Å²) >= 11 is 0. The second-order valence-electron chi connectivity index (χ2n) is 15.0. The molecule has 1 heterocycles. The van der Waals surface area contributed by atoms with Gasteiger partial charge in [-0.15, -0.1) is 0 Å². The summed E-state index contributed by atoms with van der Waals surface area (Å²) in [5, 5.41) is 9.75. The average Bonchev–Trinajstić information content (AvgIpc) is 3.96. The van der Waals surface area contributed by atoms with Crippen molar-refractivity contribution in [3.05, 3.63) is 60.8 Å². The summed E-state index contributed by atoms with van der Waals surface area (Å²) in [6, 6.07) is 0. The highest BCUT2D eigenvalue weighted by molar-refractivity contribution is 7.47. The number of aliphatic hydroxyl groups excluding tert-OH is 1. The van der Waals surface area contributed by atoms with Crippen LogP contribution in [0.4, 0.5) is 0 Å². The van der Waals surface area contributed by atoms with E-state index in [1.54, 1.807) is 0 Å². The van der Waals surface area contributed by atoms with Gasteiger partial charge in [0.05, 0.1) is 32.0 Å². The SMILES string of the molecule is CCCCC/C=C\C/C=C\C/C=C\C/C=C\CCCC(=O)O[C@H](COC(=O)CCCCCCCC1OC1C/C=C\CCCCC)COP(=O)(O)OC[C@@H](O)COP(=O)(O)O. The minimum Gasteiger partial charge on any atom is -0.462 e. The monoisotopic (exact) mass is 890 g/mol. The van der Waals surface area contributed by atoms with Crippen LogP contribution in [0.1, 0.15) is 155 Å². The highest BCUT2D eigenvalue weighted by atomic mass is 31.2. The zero-order valence-electron chi connectivity index (χ0n) is 36.2. The summed E-state index contributed by atoms with van der Waals surface area (Å²) < 4.78 is 53.5. The van der Waals surface area contributed by atoms with E-state index in [9.17, 15) is 28.7 Å². The van der Waals surface area contributed by atoms with Crippen molar-refractivity contribution < 1.29 is 66.3 Å². The second kappa shape index (κ2) is 36.3. The van der Waals surface area contributed by atoms with Crippen LogP contribution < -0.4 is 0 Å². The van der Waals surface area contributed by atoms with E-state index in [0.29, 0.717) is 31.5 Å². The van der Waals surface area contributed by atoms with Gasteiger partial charge >= 0.3 is 27.6 Å². The first-order chi connectivity index (χ1) is 28.8. The number of esters is 2. The normalized spacial score (nSPS) is 18.0. The number of aliphatic hydroxyl groups is 1. The Labute approximate surface area is 359 Å². The van der Waals surface area contributed by atoms with Gasteiger partial charge in [0.15, 0.2) is 6.10 Å². The molecule has 0 aromatic carbocycles. The standard InChI is InChI=1S/C44H76O14P2/c1-3-5-7-9-11-12-13-14-15-16-17-18-19-20-21-25-30-34-44(47)57-40(38-56-60(51,52)55-36-39(45)35-54-59(48,49)50)37-53-43(46)33-29-26-22-24-28-32-42-41(58-42)31-27-23-10-8-6-4-2/h11-12,14-15,17-18,20-21,23,27,39-42,45H,3-10,13,16,19,22,24-26,28-38H2,1-2H3,(H,51,52)(H2,48,49,50)/b12-11-,15-14-,18-17-,21-20-,27-23-/t39-,40+,41?,42?/m0/s1. The van der Waals surface area contributed by atoms with Crippen LogP contribution in [0.25, 0.3) is 0 Å². The molecular formula is C44H76O14P2. The molecule has 346 valence electrons. The summed E-state index contributed by atoms with van der Waals surface area (Å²) in [5.74, 6) is -1.12. The third-order valence-electron chi connectivity index (χ3n) is 9.29. The number of epoxide rings is 1. The summed E-state index contributed by atoms with van der Waals surface area (Å²) in [7, 11) is -9.71. The molecule has 0 aliphatic carbocycles. The first-order valence-electron chi connectivity index (χ1n) is 22.1. The van der Waals surface area contributed by atoms with Crippen molar-refractivity contribution in [2.45, 2.75) is 180 Å². The van der Waals surface area contributed by atoms with Crippen molar-refractivity contribution in [1.82, 2.24) is 0 Å². The number of hydrogen-bond acceptors (Lipinski definition) is 11. The maximum Gasteiger partial charge on any atom is 0.472 e. The number of phosphoric acid groups is 2. The highest BCUT2D eigenvalue weighted by Gasteiger charge is 2.36. The molecule has 1 aliphatic rings. The van der Waals surface area contributed by atoms with Crippen molar-refractivity contribution >= 4 is 27.6 Å². The minimum absolute atomic E-state index is 0.0468. The van der Waals surface area contributed by atoms with E-state index < -0.39 is 66.2 Å². The Bertz CT molecular complexity index is 1360. The molecule has 0 spiro atoms. The van der Waals surface area contributed by atoms with Gasteiger partial charge in [0.25, 0.3) is 0 Å². The molecule has 3 unspecified atom stereocenters. The van der Waals surface area contributed by atoms with Crippen LogP contribution >= 0.6 is 15.6 Å². The zero-order chi connectivity index (χ0) is 44.2. The van der Waals surface area contributed by atoms with Gasteiger partial charge in [-0.1, -0.05) is 126 Å². The van der Waals surface area contributed by atoms with Crippen molar-refractivity contribution in [2.75, 3.05) is 26.4 Å². The topological polar surface area (TPSA) is 208 Å². The smallest absolute Gasteiger partial charge is 0.462 e. The van der Waals surface area contributed by atoms with Crippen LogP contribution in [0.5, 0.6) is 0 Å². The van der Waals surface area contributed by atoms with E-state index in [4.69, 9.17) is 28.5 Å². The Hall–Kier alpha value is -2.22. The molecule has 1 rings (SSSR count). The maximum atomic E-state index is 12.7. The molecule has 1 aliphatic heterocycles. The Balaban J connectivity index is 2.41. The van der Waals surface area contributed by atoms with Gasteiger partial charge in [-0.2, -0.15) is 0 Å². The minimum atomic E-state index is -4.87. The number of allylic oxidation sites excluding steroid dienone is 9. The molecular weight excluding hydrogens is 814 g/mol. The fraction of sp³-hybridized carbons (Fsp3) is 0.727. The molecule has 60 heavy (non-hydrogen) atoms. The lowest BCUT2D eigenvalue weighted by atomic mass is 10.1. The number of rotatable bonds is 40.